The normalized spacial score (nSPS) is 10.7. The molecule has 3 aromatic carbocycles. The van der Waals surface area contributed by atoms with Crippen molar-refractivity contribution in [1.82, 2.24) is 4.98 Å². The first-order chi connectivity index (χ1) is 14.6. The number of benzene rings is 3. The Hall–Kier alpha value is -3.99. The Kier molecular flexibility index (Phi) is 5.52. The minimum Gasteiger partial charge on any atom is -0.487 e. The number of ketones is 1. The van der Waals surface area contributed by atoms with E-state index in [1.165, 1.54) is 0 Å². The van der Waals surface area contributed by atoms with Crippen LogP contribution in [0, 0.1) is 0 Å². The summed E-state index contributed by atoms with van der Waals surface area (Å²) in [5.41, 5.74) is 3.31. The van der Waals surface area contributed by atoms with Gasteiger partial charge in [-0.1, -0.05) is 42.5 Å². The van der Waals surface area contributed by atoms with E-state index in [0.717, 1.165) is 16.6 Å². The molecule has 1 heterocycles. The molecule has 4 rings (SSSR count). The highest BCUT2D eigenvalue weighted by atomic mass is 16.5. The number of pyridine rings is 1. The highest BCUT2D eigenvalue weighted by molar-refractivity contribution is 6.09. The van der Waals surface area contributed by atoms with Crippen LogP contribution in [0.25, 0.3) is 10.9 Å². The summed E-state index contributed by atoms with van der Waals surface area (Å²) in [6, 6.07) is 25.4. The van der Waals surface area contributed by atoms with Gasteiger partial charge >= 0.3 is 5.97 Å². The van der Waals surface area contributed by atoms with Crippen LogP contribution in [0.5, 0.6) is 5.75 Å². The number of carboxylic acid groups (broad SMARTS) is 1. The molecule has 5 nitrogen and oxygen atoms in total. The standard InChI is InChI=1S/C25H19NO4/c27-24(28)15-17-4-3-6-20(14-17)25(29)19-9-12-22(13-10-19)30-16-21-11-8-18-5-1-2-7-23(18)26-21/h1-14H,15-16H2,(H,27,28). The molecule has 0 bridgehead atoms. The molecule has 4 aromatic rings. The molecule has 0 aliphatic heterocycles. The third kappa shape index (κ3) is 4.52. The van der Waals surface area contributed by atoms with Crippen LogP contribution < -0.4 is 4.74 Å². The molecule has 0 saturated heterocycles. The van der Waals surface area contributed by atoms with E-state index in [1.54, 1.807) is 48.5 Å². The van der Waals surface area contributed by atoms with Crippen molar-refractivity contribution in [2.75, 3.05) is 0 Å². The number of rotatable bonds is 7. The maximum atomic E-state index is 12.7. The van der Waals surface area contributed by atoms with Crippen molar-refractivity contribution in [3.8, 4) is 5.75 Å². The molecule has 0 fully saturated rings. The second-order valence-electron chi connectivity index (χ2n) is 6.91. The Morgan fingerprint density at radius 2 is 1.63 bits per heavy atom. The lowest BCUT2D eigenvalue weighted by Gasteiger charge is -2.08. The van der Waals surface area contributed by atoms with Gasteiger partial charge in [0, 0.05) is 16.5 Å². The quantitative estimate of drug-likeness (QED) is 0.459. The molecule has 1 N–H and O–H groups in total. The third-order valence-electron chi connectivity index (χ3n) is 4.70. The van der Waals surface area contributed by atoms with Gasteiger partial charge in [-0.2, -0.15) is 0 Å². The smallest absolute Gasteiger partial charge is 0.307 e. The largest absolute Gasteiger partial charge is 0.487 e. The van der Waals surface area contributed by atoms with Gasteiger partial charge in [-0.15, -0.1) is 0 Å². The summed E-state index contributed by atoms with van der Waals surface area (Å²) in [4.78, 5) is 28.2. The van der Waals surface area contributed by atoms with Crippen LogP contribution in [-0.4, -0.2) is 21.8 Å². The van der Waals surface area contributed by atoms with Crippen molar-refractivity contribution >= 4 is 22.7 Å². The molecule has 0 amide bonds. The highest BCUT2D eigenvalue weighted by Gasteiger charge is 2.11. The van der Waals surface area contributed by atoms with Crippen LogP contribution in [0.2, 0.25) is 0 Å². The molecule has 0 saturated carbocycles. The van der Waals surface area contributed by atoms with Crippen LogP contribution in [0.4, 0.5) is 0 Å². The van der Waals surface area contributed by atoms with Gasteiger partial charge in [0.1, 0.15) is 12.4 Å². The second kappa shape index (κ2) is 8.57. The molecule has 0 aliphatic carbocycles. The number of aliphatic carboxylic acids is 1. The monoisotopic (exact) mass is 397 g/mol. The number of carboxylic acids is 1. The number of ether oxygens (including phenoxy) is 1. The number of hydrogen-bond donors (Lipinski definition) is 1. The van der Waals surface area contributed by atoms with Gasteiger partial charge in [0.05, 0.1) is 17.6 Å². The molecule has 0 aliphatic rings. The van der Waals surface area contributed by atoms with Gasteiger partial charge in [0.25, 0.3) is 0 Å². The van der Waals surface area contributed by atoms with Crippen LogP contribution in [0.3, 0.4) is 0 Å². The summed E-state index contributed by atoms with van der Waals surface area (Å²) in [6.07, 6.45) is -0.114. The predicted molar refractivity (Wildman–Crippen MR) is 114 cm³/mol. The van der Waals surface area contributed by atoms with Gasteiger partial charge in [0.2, 0.25) is 0 Å². The topological polar surface area (TPSA) is 76.5 Å². The highest BCUT2D eigenvalue weighted by Crippen LogP contribution is 2.18. The maximum Gasteiger partial charge on any atom is 0.307 e. The van der Waals surface area contributed by atoms with E-state index < -0.39 is 5.97 Å². The average Bonchev–Trinajstić information content (AvgIpc) is 2.77. The van der Waals surface area contributed by atoms with Crippen molar-refractivity contribution in [2.45, 2.75) is 13.0 Å². The summed E-state index contributed by atoms with van der Waals surface area (Å²) >= 11 is 0. The van der Waals surface area contributed by atoms with E-state index in [4.69, 9.17) is 9.84 Å². The van der Waals surface area contributed by atoms with Crippen molar-refractivity contribution in [3.05, 3.63) is 107 Å². The first kappa shape index (κ1) is 19.3. The van der Waals surface area contributed by atoms with Crippen LogP contribution in [-0.2, 0) is 17.8 Å². The summed E-state index contributed by atoms with van der Waals surface area (Å²) in [5.74, 6) is -0.451. The maximum absolute atomic E-state index is 12.7. The number of carbonyl (C=O) groups excluding carboxylic acids is 1. The predicted octanol–water partition coefficient (Wildman–Crippen LogP) is 4.67. The number of hydrogen-bond acceptors (Lipinski definition) is 4. The van der Waals surface area contributed by atoms with Gasteiger partial charge in [0.15, 0.2) is 5.78 Å². The molecule has 0 atom stereocenters. The number of nitrogens with zero attached hydrogens (tertiary/aromatic N) is 1. The molecule has 0 spiro atoms. The van der Waals surface area contributed by atoms with E-state index in [1.807, 2.05) is 36.4 Å². The van der Waals surface area contributed by atoms with E-state index >= 15 is 0 Å². The Morgan fingerprint density at radius 3 is 2.43 bits per heavy atom. The third-order valence-corrected chi connectivity index (χ3v) is 4.70. The van der Waals surface area contributed by atoms with Gasteiger partial charge in [-0.05, 0) is 48.0 Å². The Balaban J connectivity index is 1.43. The first-order valence-electron chi connectivity index (χ1n) is 9.51. The lowest BCUT2D eigenvalue weighted by Crippen LogP contribution is -2.05. The van der Waals surface area contributed by atoms with Crippen LogP contribution >= 0.6 is 0 Å². The fourth-order valence-corrected chi connectivity index (χ4v) is 3.21. The zero-order valence-corrected chi connectivity index (χ0v) is 16.1. The van der Waals surface area contributed by atoms with Crippen molar-refractivity contribution in [2.24, 2.45) is 0 Å². The fraction of sp³-hybridized carbons (Fsp3) is 0.0800. The average molecular weight is 397 g/mol. The molecule has 30 heavy (non-hydrogen) atoms. The van der Waals surface area contributed by atoms with Gasteiger partial charge in [-0.25, -0.2) is 4.98 Å². The Bertz CT molecular complexity index is 1220. The van der Waals surface area contributed by atoms with E-state index in [9.17, 15) is 9.59 Å². The number of aromatic nitrogens is 1. The minimum atomic E-state index is -0.929. The van der Waals surface area contributed by atoms with E-state index in [2.05, 4.69) is 4.98 Å². The summed E-state index contributed by atoms with van der Waals surface area (Å²) in [7, 11) is 0. The van der Waals surface area contributed by atoms with Crippen molar-refractivity contribution in [3.63, 3.8) is 0 Å². The SMILES string of the molecule is O=C(O)Cc1cccc(C(=O)c2ccc(OCc3ccc4ccccc4n3)cc2)c1. The summed E-state index contributed by atoms with van der Waals surface area (Å²) < 4.78 is 5.81. The molecule has 0 unspecified atom stereocenters. The molecular formula is C25H19NO4. The van der Waals surface area contributed by atoms with E-state index in [-0.39, 0.29) is 12.2 Å². The molecular weight excluding hydrogens is 378 g/mol. The first-order valence-corrected chi connectivity index (χ1v) is 9.51. The summed E-state index contributed by atoms with van der Waals surface area (Å²) in [5, 5.41) is 10.0. The molecule has 0 radical (unpaired) electrons. The number of fused-ring (bicyclic) bond motifs is 1. The lowest BCUT2D eigenvalue weighted by molar-refractivity contribution is -0.136. The molecule has 148 valence electrons. The van der Waals surface area contributed by atoms with Crippen LogP contribution in [0.1, 0.15) is 27.2 Å². The zero-order chi connectivity index (χ0) is 20.9. The van der Waals surface area contributed by atoms with Crippen molar-refractivity contribution < 1.29 is 19.4 Å². The van der Waals surface area contributed by atoms with E-state index in [0.29, 0.717) is 29.0 Å². The summed E-state index contributed by atoms with van der Waals surface area (Å²) in [6.45, 7) is 0.329. The van der Waals surface area contributed by atoms with Crippen LogP contribution in [0.15, 0.2) is 84.9 Å². The minimum absolute atomic E-state index is 0.114. The van der Waals surface area contributed by atoms with Gasteiger partial charge < -0.3 is 9.84 Å². The zero-order valence-electron chi connectivity index (χ0n) is 16.1. The van der Waals surface area contributed by atoms with Gasteiger partial charge in [-0.3, -0.25) is 9.59 Å². The molecule has 5 heteroatoms. The Labute approximate surface area is 173 Å². The lowest BCUT2D eigenvalue weighted by atomic mass is 10.0. The van der Waals surface area contributed by atoms with Crippen molar-refractivity contribution in [1.29, 1.82) is 0 Å². The number of para-hydroxylation sites is 1. The number of carbonyl (C=O) groups is 2. The fourth-order valence-electron chi connectivity index (χ4n) is 3.21. The Morgan fingerprint density at radius 1 is 0.833 bits per heavy atom. The molecule has 1 aromatic heterocycles. The second-order valence-corrected chi connectivity index (χ2v) is 6.91.